The number of benzene rings is 1. The van der Waals surface area contributed by atoms with Gasteiger partial charge in [0.25, 0.3) is 0 Å². The van der Waals surface area contributed by atoms with Crippen LogP contribution in [0.4, 0.5) is 10.5 Å². The van der Waals surface area contributed by atoms with E-state index in [0.29, 0.717) is 5.75 Å². The van der Waals surface area contributed by atoms with E-state index < -0.39 is 6.09 Å². The highest BCUT2D eigenvalue weighted by Gasteiger charge is 2.18. The van der Waals surface area contributed by atoms with E-state index in [1.165, 1.54) is 7.05 Å². The van der Waals surface area contributed by atoms with Gasteiger partial charge in [0.05, 0.1) is 12.2 Å². The predicted octanol–water partition coefficient (Wildman–Crippen LogP) is 2.33. The summed E-state index contributed by atoms with van der Waals surface area (Å²) in [5, 5.41) is 2.42. The zero-order chi connectivity index (χ0) is 13.2. The van der Waals surface area contributed by atoms with Crippen LogP contribution in [0.1, 0.15) is 5.56 Å². The molecule has 2 heterocycles. The van der Waals surface area contributed by atoms with Crippen molar-refractivity contribution in [1.82, 2.24) is 10.2 Å². The Kier molecular flexibility index (Phi) is 2.79. The number of allylic oxidation sites excluding steroid dienone is 2. The number of amidine groups is 1. The van der Waals surface area contributed by atoms with Crippen LogP contribution in [0.5, 0.6) is 5.75 Å². The molecule has 19 heavy (non-hydrogen) atoms. The maximum Gasteiger partial charge on any atom is 0.412 e. The lowest BCUT2D eigenvalue weighted by atomic mass is 10.1. The van der Waals surface area contributed by atoms with E-state index in [9.17, 15) is 4.79 Å². The van der Waals surface area contributed by atoms with Crippen molar-refractivity contribution in [3.8, 4) is 5.75 Å². The van der Waals surface area contributed by atoms with Crippen molar-refractivity contribution >= 4 is 17.6 Å². The van der Waals surface area contributed by atoms with Gasteiger partial charge in [-0.25, -0.2) is 9.79 Å². The molecule has 5 nitrogen and oxygen atoms in total. The fourth-order valence-corrected chi connectivity index (χ4v) is 2.03. The largest absolute Gasteiger partial charge is 0.412 e. The Morgan fingerprint density at radius 2 is 2.32 bits per heavy atom. The zero-order valence-electron chi connectivity index (χ0n) is 10.5. The minimum absolute atomic E-state index is 0.472. The third-order valence-electron chi connectivity index (χ3n) is 2.96. The van der Waals surface area contributed by atoms with E-state index >= 15 is 0 Å². The van der Waals surface area contributed by atoms with Gasteiger partial charge in [-0.2, -0.15) is 0 Å². The Bertz CT molecular complexity index is 617. The van der Waals surface area contributed by atoms with Crippen LogP contribution in [0, 0.1) is 0 Å². The van der Waals surface area contributed by atoms with Crippen molar-refractivity contribution < 1.29 is 9.53 Å². The second kappa shape index (κ2) is 4.61. The highest BCUT2D eigenvalue weighted by molar-refractivity contribution is 5.98. The molecule has 1 N–H and O–H groups in total. The quantitative estimate of drug-likeness (QED) is 0.838. The van der Waals surface area contributed by atoms with Crippen LogP contribution in [0.3, 0.4) is 0 Å². The van der Waals surface area contributed by atoms with Gasteiger partial charge in [0.1, 0.15) is 11.6 Å². The Morgan fingerprint density at radius 1 is 1.42 bits per heavy atom. The van der Waals surface area contributed by atoms with E-state index in [4.69, 9.17) is 4.74 Å². The van der Waals surface area contributed by atoms with Crippen LogP contribution < -0.4 is 10.1 Å². The maximum atomic E-state index is 11.2. The third kappa shape index (κ3) is 2.22. The van der Waals surface area contributed by atoms with Gasteiger partial charge in [-0.05, 0) is 30.4 Å². The first-order valence-electron chi connectivity index (χ1n) is 5.99. The Morgan fingerprint density at radius 3 is 3.16 bits per heavy atom. The number of ether oxygens (including phenoxy) is 1. The van der Waals surface area contributed by atoms with Gasteiger partial charge in [0.2, 0.25) is 0 Å². The van der Waals surface area contributed by atoms with Crippen LogP contribution in [0.2, 0.25) is 0 Å². The number of hydrogen-bond donors (Lipinski definition) is 1. The van der Waals surface area contributed by atoms with E-state index in [-0.39, 0.29) is 0 Å². The van der Waals surface area contributed by atoms with Crippen molar-refractivity contribution in [3.05, 3.63) is 48.2 Å². The average Bonchev–Trinajstić information content (AvgIpc) is 2.45. The molecule has 0 saturated carbocycles. The summed E-state index contributed by atoms with van der Waals surface area (Å²) in [6.07, 6.45) is 7.41. The lowest BCUT2D eigenvalue weighted by Crippen LogP contribution is -2.27. The third-order valence-corrected chi connectivity index (χ3v) is 2.96. The highest BCUT2D eigenvalue weighted by Crippen LogP contribution is 2.30. The van der Waals surface area contributed by atoms with Crippen molar-refractivity contribution in [3.63, 3.8) is 0 Å². The van der Waals surface area contributed by atoms with Crippen LogP contribution in [-0.4, -0.2) is 23.9 Å². The Labute approximate surface area is 110 Å². The molecule has 1 aromatic carbocycles. The number of amides is 1. The number of fused-ring (bicyclic) bond motifs is 2. The first-order chi connectivity index (χ1) is 9.26. The van der Waals surface area contributed by atoms with Gasteiger partial charge in [-0.1, -0.05) is 6.08 Å². The number of rotatable bonds is 1. The summed E-state index contributed by atoms with van der Waals surface area (Å²) in [5.74, 6) is 1.45. The Balaban J connectivity index is 1.91. The molecular weight excluding hydrogens is 242 g/mol. The standard InChI is InChI=1S/C14H13N3O2/c1-15-14(18)19-11-5-6-12-10(8-11)9-17-7-3-2-4-13(17)16-12/h2-8H,9H2,1H3,(H,15,18). The molecule has 1 amide bonds. The minimum atomic E-state index is -0.472. The molecule has 0 radical (unpaired) electrons. The number of nitrogens with zero attached hydrogens (tertiary/aromatic N) is 2. The number of carbonyl (C=O) groups excluding carboxylic acids is 1. The number of carbonyl (C=O) groups is 1. The molecule has 0 spiro atoms. The summed E-state index contributed by atoms with van der Waals surface area (Å²) in [6, 6.07) is 5.46. The summed E-state index contributed by atoms with van der Waals surface area (Å²) < 4.78 is 5.12. The highest BCUT2D eigenvalue weighted by atomic mass is 16.5. The van der Waals surface area contributed by atoms with Crippen LogP contribution in [-0.2, 0) is 6.54 Å². The second-order valence-electron chi connectivity index (χ2n) is 4.23. The van der Waals surface area contributed by atoms with Gasteiger partial charge in [-0.3, -0.25) is 0 Å². The smallest absolute Gasteiger partial charge is 0.410 e. The van der Waals surface area contributed by atoms with Crippen molar-refractivity contribution in [2.75, 3.05) is 7.05 Å². The van der Waals surface area contributed by atoms with E-state index in [1.54, 1.807) is 6.07 Å². The molecule has 3 rings (SSSR count). The lowest BCUT2D eigenvalue weighted by Gasteiger charge is -2.27. The van der Waals surface area contributed by atoms with E-state index in [1.807, 2.05) is 41.5 Å². The number of nitrogens with one attached hydrogen (secondary N) is 1. The van der Waals surface area contributed by atoms with E-state index in [2.05, 4.69) is 10.3 Å². The molecular formula is C14H13N3O2. The maximum absolute atomic E-state index is 11.2. The van der Waals surface area contributed by atoms with Gasteiger partial charge in [0, 0.05) is 18.8 Å². The number of hydrogen-bond acceptors (Lipinski definition) is 4. The van der Waals surface area contributed by atoms with Gasteiger partial charge < -0.3 is 15.0 Å². The van der Waals surface area contributed by atoms with Crippen LogP contribution in [0.25, 0.3) is 0 Å². The average molecular weight is 255 g/mol. The molecule has 0 bridgehead atoms. The molecule has 0 unspecified atom stereocenters. The van der Waals surface area contributed by atoms with Gasteiger partial charge >= 0.3 is 6.09 Å². The normalized spacial score (nSPS) is 15.4. The molecule has 96 valence electrons. The summed E-state index contributed by atoms with van der Waals surface area (Å²) in [6.45, 7) is 0.722. The van der Waals surface area contributed by atoms with Crippen LogP contribution in [0.15, 0.2) is 47.6 Å². The fraction of sp³-hybridized carbons (Fsp3) is 0.143. The second-order valence-corrected chi connectivity index (χ2v) is 4.23. The fourth-order valence-electron chi connectivity index (χ4n) is 2.03. The summed E-state index contributed by atoms with van der Waals surface area (Å²) in [5.41, 5.74) is 1.94. The summed E-state index contributed by atoms with van der Waals surface area (Å²) in [4.78, 5) is 17.8. The molecule has 2 aliphatic rings. The topological polar surface area (TPSA) is 53.9 Å². The lowest BCUT2D eigenvalue weighted by molar-refractivity contribution is 0.203. The predicted molar refractivity (Wildman–Crippen MR) is 72.4 cm³/mol. The van der Waals surface area contributed by atoms with E-state index in [0.717, 1.165) is 23.6 Å². The number of aliphatic imine (C=N–C) groups is 1. The van der Waals surface area contributed by atoms with Gasteiger partial charge in [-0.15, -0.1) is 0 Å². The molecule has 0 saturated heterocycles. The monoisotopic (exact) mass is 255 g/mol. The van der Waals surface area contributed by atoms with Crippen molar-refractivity contribution in [1.29, 1.82) is 0 Å². The van der Waals surface area contributed by atoms with Crippen molar-refractivity contribution in [2.45, 2.75) is 6.54 Å². The van der Waals surface area contributed by atoms with Crippen molar-refractivity contribution in [2.24, 2.45) is 4.99 Å². The molecule has 0 aliphatic carbocycles. The summed E-state index contributed by atoms with van der Waals surface area (Å²) >= 11 is 0. The van der Waals surface area contributed by atoms with Gasteiger partial charge in [0.15, 0.2) is 0 Å². The first kappa shape index (κ1) is 11.5. The molecule has 1 aromatic rings. The molecule has 0 atom stereocenters. The molecule has 0 aromatic heterocycles. The molecule has 2 aliphatic heterocycles. The molecule has 5 heteroatoms. The zero-order valence-corrected chi connectivity index (χ0v) is 10.5. The minimum Gasteiger partial charge on any atom is -0.410 e. The SMILES string of the molecule is CNC(=O)Oc1ccc2c(c1)CN1C=CC=CC1=N2. The van der Waals surface area contributed by atoms with Crippen LogP contribution >= 0.6 is 0 Å². The summed E-state index contributed by atoms with van der Waals surface area (Å²) in [7, 11) is 1.53. The first-order valence-corrected chi connectivity index (χ1v) is 5.99. The Hall–Kier alpha value is -2.56. The molecule has 0 fully saturated rings.